The Labute approximate surface area is 299 Å². The highest BCUT2D eigenvalue weighted by Crippen LogP contribution is 2.47. The summed E-state index contributed by atoms with van der Waals surface area (Å²) in [6, 6.07) is 26.9. The second-order valence-electron chi connectivity index (χ2n) is 15.1. The summed E-state index contributed by atoms with van der Waals surface area (Å²) < 4.78 is 26.9. The fraction of sp³-hybridized carbons (Fsp3) is 0.395. The Balaban J connectivity index is 1.76. The summed E-state index contributed by atoms with van der Waals surface area (Å²) in [6.45, 7) is 24.2. The van der Waals surface area contributed by atoms with Crippen LogP contribution in [0.25, 0.3) is 0 Å². The van der Waals surface area contributed by atoms with Gasteiger partial charge in [0.2, 0.25) is 0 Å². The zero-order valence-corrected chi connectivity index (χ0v) is 33.2. The maximum atomic E-state index is 7.06. The van der Waals surface area contributed by atoms with E-state index in [1.165, 1.54) is 5.57 Å². The van der Waals surface area contributed by atoms with Gasteiger partial charge >= 0.3 is 8.38 Å². The molecule has 0 aromatic heterocycles. The molecular weight excluding hydrogens is 642 g/mol. The first-order chi connectivity index (χ1) is 23.2. The van der Waals surface area contributed by atoms with Gasteiger partial charge in [0, 0.05) is 17.4 Å². The van der Waals surface area contributed by atoms with Crippen LogP contribution in [0.5, 0.6) is 11.5 Å². The van der Waals surface area contributed by atoms with Crippen molar-refractivity contribution in [3.8, 4) is 11.5 Å². The average Bonchev–Trinajstić information content (AvgIpc) is 3.06. The van der Waals surface area contributed by atoms with Crippen molar-refractivity contribution in [2.75, 3.05) is 0 Å². The molecule has 3 aromatic carbocycles. The van der Waals surface area contributed by atoms with Crippen LogP contribution in [0.1, 0.15) is 93.7 Å². The molecule has 4 nitrogen and oxygen atoms in total. The van der Waals surface area contributed by atoms with Crippen molar-refractivity contribution in [1.29, 1.82) is 0 Å². The molecule has 6 heteroatoms. The molecule has 0 saturated heterocycles. The standard InChI is InChI=1S/C43H56O4P2/c1-12-13-21-30(2)40(47-49(35-22-15-14-16-23-35)46-39-27-20-18-25-37(39)43(9,10)11)29-34-28-31(3)32(4)33(5)41(34)45-48-44-38-26-19-17-24-36(38)42(6,7)8/h12-20,22-30,32-33,48H,21H2,1-11H3/b13-12-,40-29-. The van der Waals surface area contributed by atoms with Crippen LogP contribution >= 0.6 is 17.4 Å². The maximum Gasteiger partial charge on any atom is 0.325 e. The lowest BCUT2D eigenvalue weighted by Gasteiger charge is -2.30. The Bertz CT molecular complexity index is 1660. The lowest BCUT2D eigenvalue weighted by molar-refractivity contribution is 0.316. The molecule has 5 unspecified atom stereocenters. The zero-order chi connectivity index (χ0) is 35.8. The predicted molar refractivity (Wildman–Crippen MR) is 211 cm³/mol. The third-order valence-electron chi connectivity index (χ3n) is 9.09. The van der Waals surface area contributed by atoms with Crippen LogP contribution < -0.4 is 14.4 Å². The second-order valence-corrected chi connectivity index (χ2v) is 17.1. The van der Waals surface area contributed by atoms with Crippen LogP contribution in [0.3, 0.4) is 0 Å². The van der Waals surface area contributed by atoms with Crippen LogP contribution in [0.15, 0.2) is 126 Å². The van der Waals surface area contributed by atoms with Crippen LogP contribution in [-0.4, -0.2) is 0 Å². The first kappa shape index (κ1) is 38.5. The van der Waals surface area contributed by atoms with E-state index in [2.05, 4.69) is 143 Å². The lowest BCUT2D eigenvalue weighted by Crippen LogP contribution is -2.19. The van der Waals surface area contributed by atoms with Crippen LogP contribution in [0, 0.1) is 17.8 Å². The van der Waals surface area contributed by atoms with E-state index in [-0.39, 0.29) is 31.7 Å². The normalized spacial score (nSPS) is 18.8. The van der Waals surface area contributed by atoms with E-state index >= 15 is 0 Å². The van der Waals surface area contributed by atoms with E-state index in [9.17, 15) is 0 Å². The van der Waals surface area contributed by atoms with Crippen LogP contribution in [0.2, 0.25) is 0 Å². The van der Waals surface area contributed by atoms with Gasteiger partial charge in [0.1, 0.15) is 23.0 Å². The Morgan fingerprint density at radius 3 is 1.98 bits per heavy atom. The molecule has 5 atom stereocenters. The molecule has 0 spiro atoms. The van der Waals surface area contributed by atoms with Gasteiger partial charge in [-0.25, -0.2) is 0 Å². The molecule has 0 bridgehead atoms. The fourth-order valence-corrected chi connectivity index (χ4v) is 7.90. The van der Waals surface area contributed by atoms with E-state index in [0.29, 0.717) is 5.92 Å². The third kappa shape index (κ3) is 10.3. The third-order valence-corrected chi connectivity index (χ3v) is 11.2. The SMILES string of the molecule is C/C=C\CC(C)/C(=C/C1=C(OPOc2ccccc2C(C)(C)C)C(C)C(C)C(C)=C1)OP(Oc1ccccc1C(C)(C)C)c1ccccc1. The van der Waals surface area contributed by atoms with Gasteiger partial charge < -0.3 is 18.1 Å². The van der Waals surface area contributed by atoms with Gasteiger partial charge in [-0.1, -0.05) is 141 Å². The largest absolute Gasteiger partial charge is 0.444 e. The molecule has 262 valence electrons. The van der Waals surface area contributed by atoms with Crippen molar-refractivity contribution in [2.45, 2.75) is 93.4 Å². The Morgan fingerprint density at radius 2 is 1.37 bits per heavy atom. The molecule has 0 saturated carbocycles. The molecule has 4 rings (SSSR count). The van der Waals surface area contributed by atoms with E-state index in [4.69, 9.17) is 18.1 Å². The summed E-state index contributed by atoms with van der Waals surface area (Å²) in [5.74, 6) is 4.10. The Kier molecular flexibility index (Phi) is 13.4. The molecule has 0 radical (unpaired) electrons. The van der Waals surface area contributed by atoms with Crippen molar-refractivity contribution in [3.63, 3.8) is 0 Å². The molecule has 1 aliphatic rings. The van der Waals surface area contributed by atoms with E-state index < -0.39 is 8.38 Å². The smallest absolute Gasteiger partial charge is 0.325 e. The molecule has 3 aromatic rings. The van der Waals surface area contributed by atoms with Gasteiger partial charge in [-0.15, -0.1) is 0 Å². The first-order valence-electron chi connectivity index (χ1n) is 17.4. The summed E-state index contributed by atoms with van der Waals surface area (Å²) in [6.07, 6.45) is 9.56. The van der Waals surface area contributed by atoms with Gasteiger partial charge in [0.05, 0.1) is 5.30 Å². The quantitative estimate of drug-likeness (QED) is 0.101. The second kappa shape index (κ2) is 17.1. The van der Waals surface area contributed by atoms with Crippen molar-refractivity contribution >= 4 is 22.7 Å². The number of rotatable bonds is 13. The molecule has 0 amide bonds. The van der Waals surface area contributed by atoms with Crippen molar-refractivity contribution in [2.24, 2.45) is 17.8 Å². The van der Waals surface area contributed by atoms with E-state index in [1.54, 1.807) is 0 Å². The van der Waals surface area contributed by atoms with Crippen molar-refractivity contribution < 1.29 is 18.1 Å². The van der Waals surface area contributed by atoms with Gasteiger partial charge in [-0.2, -0.15) is 0 Å². The van der Waals surface area contributed by atoms with Crippen LogP contribution in [0.4, 0.5) is 0 Å². The molecule has 0 N–H and O–H groups in total. The Hall–Kier alpha value is -3.32. The van der Waals surface area contributed by atoms with Crippen molar-refractivity contribution in [3.05, 3.63) is 137 Å². The summed E-state index contributed by atoms with van der Waals surface area (Å²) in [5.41, 5.74) is 4.52. The summed E-state index contributed by atoms with van der Waals surface area (Å²) in [7, 11) is -1.69. The number of hydrogen-bond donors (Lipinski definition) is 0. The van der Waals surface area contributed by atoms with Crippen molar-refractivity contribution in [1.82, 2.24) is 0 Å². The predicted octanol–water partition coefficient (Wildman–Crippen LogP) is 12.9. The van der Waals surface area contributed by atoms with E-state index in [0.717, 1.165) is 51.4 Å². The van der Waals surface area contributed by atoms with E-state index in [1.807, 2.05) is 36.4 Å². The summed E-state index contributed by atoms with van der Waals surface area (Å²) >= 11 is 0. The van der Waals surface area contributed by atoms with Gasteiger partial charge in [0.25, 0.3) is 9.03 Å². The maximum absolute atomic E-state index is 7.06. The first-order valence-corrected chi connectivity index (χ1v) is 19.4. The number of benzene rings is 3. The Morgan fingerprint density at radius 1 is 0.796 bits per heavy atom. The lowest BCUT2D eigenvalue weighted by atomic mass is 9.81. The minimum atomic E-state index is -1.51. The van der Waals surface area contributed by atoms with Gasteiger partial charge in [-0.3, -0.25) is 0 Å². The zero-order valence-electron chi connectivity index (χ0n) is 31.3. The number of para-hydroxylation sites is 2. The molecule has 0 aliphatic heterocycles. The average molecular weight is 699 g/mol. The fourth-order valence-electron chi connectivity index (χ4n) is 5.78. The molecule has 0 heterocycles. The minimum Gasteiger partial charge on any atom is -0.444 e. The molecule has 0 fully saturated rings. The minimum absolute atomic E-state index is 0.0391. The summed E-state index contributed by atoms with van der Waals surface area (Å²) in [4.78, 5) is 0. The monoisotopic (exact) mass is 698 g/mol. The highest BCUT2D eigenvalue weighted by molar-refractivity contribution is 7.56. The molecule has 49 heavy (non-hydrogen) atoms. The highest BCUT2D eigenvalue weighted by atomic mass is 31.2. The molecule has 1 aliphatic carbocycles. The summed E-state index contributed by atoms with van der Waals surface area (Å²) in [5, 5.41) is 1.01. The highest BCUT2D eigenvalue weighted by Gasteiger charge is 2.30. The van der Waals surface area contributed by atoms with Crippen LogP contribution in [-0.2, 0) is 19.9 Å². The van der Waals surface area contributed by atoms with Gasteiger partial charge in [-0.05, 0) is 78.5 Å². The number of hydrogen-bond acceptors (Lipinski definition) is 4. The number of allylic oxidation sites excluding steroid dienone is 8. The van der Waals surface area contributed by atoms with Gasteiger partial charge in [0.15, 0.2) is 0 Å². The topological polar surface area (TPSA) is 36.9 Å². The molecular formula is C43H56O4P2.